The van der Waals surface area contributed by atoms with Crippen LogP contribution in [0.1, 0.15) is 19.3 Å². The molecule has 1 aliphatic heterocycles. The van der Waals surface area contributed by atoms with Crippen molar-refractivity contribution in [3.63, 3.8) is 0 Å². The fourth-order valence-corrected chi connectivity index (χ4v) is 4.27. The van der Waals surface area contributed by atoms with Crippen molar-refractivity contribution in [1.29, 1.82) is 0 Å². The molecule has 2 aliphatic rings. The van der Waals surface area contributed by atoms with E-state index in [1.165, 1.54) is 0 Å². The van der Waals surface area contributed by atoms with Gasteiger partial charge in [-0.05, 0) is 25.3 Å². The summed E-state index contributed by atoms with van der Waals surface area (Å²) in [6.07, 6.45) is 5.87. The highest BCUT2D eigenvalue weighted by atomic mass is 32.2. The SMILES string of the molecule is CN(C1CCN(c2ncccn2)C1)S(=O)(=O)C1CC1. The molecule has 1 unspecified atom stereocenters. The maximum Gasteiger partial charge on any atom is 0.225 e. The van der Waals surface area contributed by atoms with E-state index in [2.05, 4.69) is 9.97 Å². The highest BCUT2D eigenvalue weighted by Crippen LogP contribution is 2.32. The zero-order valence-electron chi connectivity index (χ0n) is 10.9. The summed E-state index contributed by atoms with van der Waals surface area (Å²) in [5.74, 6) is 0.683. The van der Waals surface area contributed by atoms with E-state index in [-0.39, 0.29) is 11.3 Å². The first-order valence-corrected chi connectivity index (χ1v) is 8.08. The lowest BCUT2D eigenvalue weighted by atomic mass is 10.3. The molecule has 6 nitrogen and oxygen atoms in total. The van der Waals surface area contributed by atoms with Crippen LogP contribution in [0, 0.1) is 0 Å². The molecule has 7 heteroatoms. The molecule has 0 N–H and O–H groups in total. The number of sulfonamides is 1. The Morgan fingerprint density at radius 1 is 1.26 bits per heavy atom. The number of aromatic nitrogens is 2. The number of hydrogen-bond donors (Lipinski definition) is 0. The molecule has 104 valence electrons. The molecule has 0 amide bonds. The van der Waals surface area contributed by atoms with Gasteiger partial charge in [0, 0.05) is 38.6 Å². The van der Waals surface area contributed by atoms with E-state index in [0.717, 1.165) is 25.8 Å². The summed E-state index contributed by atoms with van der Waals surface area (Å²) in [7, 11) is -1.39. The topological polar surface area (TPSA) is 66.4 Å². The third kappa shape index (κ3) is 2.44. The molecule has 1 aromatic heterocycles. The summed E-state index contributed by atoms with van der Waals surface area (Å²) in [4.78, 5) is 10.5. The average molecular weight is 282 g/mol. The van der Waals surface area contributed by atoms with Gasteiger partial charge in [-0.15, -0.1) is 0 Å². The number of nitrogens with zero attached hydrogens (tertiary/aromatic N) is 4. The molecule has 0 radical (unpaired) electrons. The van der Waals surface area contributed by atoms with E-state index < -0.39 is 10.0 Å². The first kappa shape index (κ1) is 12.8. The second kappa shape index (κ2) is 4.72. The second-order valence-corrected chi connectivity index (χ2v) is 7.47. The molecule has 3 rings (SSSR count). The molecule has 1 saturated heterocycles. The van der Waals surface area contributed by atoms with Gasteiger partial charge in [0.05, 0.1) is 5.25 Å². The molecule has 1 aliphatic carbocycles. The fourth-order valence-electron chi connectivity index (χ4n) is 2.48. The molecular weight excluding hydrogens is 264 g/mol. The van der Waals surface area contributed by atoms with E-state index in [9.17, 15) is 8.42 Å². The van der Waals surface area contributed by atoms with Gasteiger partial charge >= 0.3 is 0 Å². The maximum atomic E-state index is 12.2. The molecule has 19 heavy (non-hydrogen) atoms. The highest BCUT2D eigenvalue weighted by Gasteiger charge is 2.42. The monoisotopic (exact) mass is 282 g/mol. The van der Waals surface area contributed by atoms with Crippen LogP contribution in [0.4, 0.5) is 5.95 Å². The third-order valence-corrected chi connectivity index (χ3v) is 6.27. The van der Waals surface area contributed by atoms with Gasteiger partial charge in [-0.2, -0.15) is 4.31 Å². The maximum absolute atomic E-state index is 12.2. The van der Waals surface area contributed by atoms with Crippen LogP contribution in [-0.2, 0) is 10.0 Å². The predicted molar refractivity (Wildman–Crippen MR) is 72.4 cm³/mol. The normalized spacial score (nSPS) is 24.1. The third-order valence-electron chi connectivity index (χ3n) is 3.86. The van der Waals surface area contributed by atoms with Crippen LogP contribution in [0.2, 0.25) is 0 Å². The molecule has 1 atom stereocenters. The van der Waals surface area contributed by atoms with Crippen molar-refractivity contribution >= 4 is 16.0 Å². The smallest absolute Gasteiger partial charge is 0.225 e. The van der Waals surface area contributed by atoms with Crippen LogP contribution in [0.15, 0.2) is 18.5 Å². The van der Waals surface area contributed by atoms with E-state index in [1.54, 1.807) is 29.8 Å². The summed E-state index contributed by atoms with van der Waals surface area (Å²) in [6, 6.07) is 1.81. The highest BCUT2D eigenvalue weighted by molar-refractivity contribution is 7.90. The van der Waals surface area contributed by atoms with Gasteiger partial charge in [-0.25, -0.2) is 18.4 Å². The van der Waals surface area contributed by atoms with Crippen LogP contribution >= 0.6 is 0 Å². The van der Waals surface area contributed by atoms with Gasteiger partial charge < -0.3 is 4.90 Å². The Hall–Kier alpha value is -1.21. The van der Waals surface area contributed by atoms with Crippen LogP contribution in [0.25, 0.3) is 0 Å². The minimum Gasteiger partial charge on any atom is -0.339 e. The van der Waals surface area contributed by atoms with E-state index in [4.69, 9.17) is 0 Å². The van der Waals surface area contributed by atoms with E-state index in [0.29, 0.717) is 12.5 Å². The van der Waals surface area contributed by atoms with Crippen molar-refractivity contribution < 1.29 is 8.42 Å². The Labute approximate surface area is 113 Å². The summed E-state index contributed by atoms with van der Waals surface area (Å²) >= 11 is 0. The molecule has 2 heterocycles. The molecule has 2 fully saturated rings. The first-order chi connectivity index (χ1) is 9.09. The number of rotatable bonds is 4. The standard InChI is InChI=1S/C12H18N4O2S/c1-15(19(17,18)11-3-4-11)10-5-8-16(9-10)12-13-6-2-7-14-12/h2,6-7,10-11H,3-5,8-9H2,1H3. The van der Waals surface area contributed by atoms with Crippen molar-refractivity contribution in [3.05, 3.63) is 18.5 Å². The Balaban J connectivity index is 1.69. The Morgan fingerprint density at radius 2 is 1.95 bits per heavy atom. The Kier molecular flexibility index (Phi) is 3.18. The molecule has 0 spiro atoms. The number of hydrogen-bond acceptors (Lipinski definition) is 5. The van der Waals surface area contributed by atoms with Crippen molar-refractivity contribution in [2.24, 2.45) is 0 Å². The molecule has 1 saturated carbocycles. The summed E-state index contributed by atoms with van der Waals surface area (Å²) < 4.78 is 26.0. The zero-order valence-corrected chi connectivity index (χ0v) is 11.8. The van der Waals surface area contributed by atoms with E-state index in [1.807, 2.05) is 4.90 Å². The Morgan fingerprint density at radius 3 is 2.58 bits per heavy atom. The van der Waals surface area contributed by atoms with Gasteiger partial charge in [0.1, 0.15) is 0 Å². The van der Waals surface area contributed by atoms with Gasteiger partial charge in [0.25, 0.3) is 0 Å². The predicted octanol–water partition coefficient (Wildman–Crippen LogP) is 0.479. The van der Waals surface area contributed by atoms with E-state index >= 15 is 0 Å². The quantitative estimate of drug-likeness (QED) is 0.803. The molecule has 0 bridgehead atoms. The van der Waals surface area contributed by atoms with Crippen molar-refractivity contribution in [3.8, 4) is 0 Å². The molecular formula is C12H18N4O2S. The summed E-state index contributed by atoms with van der Waals surface area (Å²) in [5, 5.41) is -0.139. The lowest BCUT2D eigenvalue weighted by Gasteiger charge is -2.24. The minimum atomic E-state index is -3.09. The minimum absolute atomic E-state index is 0.0365. The Bertz CT molecular complexity index is 544. The van der Waals surface area contributed by atoms with Crippen molar-refractivity contribution in [2.75, 3.05) is 25.0 Å². The molecule has 1 aromatic rings. The van der Waals surface area contributed by atoms with Gasteiger partial charge in [0.15, 0.2) is 0 Å². The lowest BCUT2D eigenvalue weighted by molar-refractivity contribution is 0.389. The first-order valence-electron chi connectivity index (χ1n) is 6.58. The number of likely N-dealkylation sites (N-methyl/N-ethyl adjacent to an activating group) is 1. The van der Waals surface area contributed by atoms with Gasteiger partial charge in [-0.3, -0.25) is 0 Å². The largest absolute Gasteiger partial charge is 0.339 e. The van der Waals surface area contributed by atoms with Crippen LogP contribution in [0.5, 0.6) is 0 Å². The lowest BCUT2D eigenvalue weighted by Crippen LogP contribution is -2.40. The van der Waals surface area contributed by atoms with Crippen LogP contribution in [0.3, 0.4) is 0 Å². The van der Waals surface area contributed by atoms with Crippen LogP contribution in [-0.4, -0.2) is 54.1 Å². The van der Waals surface area contributed by atoms with Crippen LogP contribution < -0.4 is 4.90 Å². The summed E-state index contributed by atoms with van der Waals surface area (Å²) in [6.45, 7) is 1.48. The number of anilines is 1. The fraction of sp³-hybridized carbons (Fsp3) is 0.667. The van der Waals surface area contributed by atoms with Crippen molar-refractivity contribution in [2.45, 2.75) is 30.6 Å². The summed E-state index contributed by atoms with van der Waals surface area (Å²) in [5.41, 5.74) is 0. The molecule has 0 aromatic carbocycles. The zero-order chi connectivity index (χ0) is 13.5. The second-order valence-electron chi connectivity index (χ2n) is 5.20. The van der Waals surface area contributed by atoms with Crippen molar-refractivity contribution in [1.82, 2.24) is 14.3 Å². The average Bonchev–Trinajstić information content (AvgIpc) is 3.18. The van der Waals surface area contributed by atoms with Gasteiger partial charge in [-0.1, -0.05) is 0 Å². The van der Waals surface area contributed by atoms with Gasteiger partial charge in [0.2, 0.25) is 16.0 Å².